The number of hydrazone groups is 1. The highest BCUT2D eigenvalue weighted by atomic mass is 35.5. The van der Waals surface area contributed by atoms with Crippen LogP contribution in [-0.4, -0.2) is 38.7 Å². The van der Waals surface area contributed by atoms with E-state index in [1.165, 1.54) is 0 Å². The minimum Gasteiger partial charge on any atom is -0.497 e. The summed E-state index contributed by atoms with van der Waals surface area (Å²) >= 11 is 7.29. The van der Waals surface area contributed by atoms with E-state index in [4.69, 9.17) is 31.3 Å². The van der Waals surface area contributed by atoms with Crippen LogP contribution in [0.3, 0.4) is 0 Å². The van der Waals surface area contributed by atoms with Crippen LogP contribution in [0.25, 0.3) is 23.0 Å². The molecule has 4 heterocycles. The van der Waals surface area contributed by atoms with E-state index in [1.54, 1.807) is 7.11 Å². The third-order valence-electron chi connectivity index (χ3n) is 8.17. The summed E-state index contributed by atoms with van der Waals surface area (Å²) in [5.74, 6) is 0.112. The number of hydrogen-bond donors (Lipinski definition) is 1. The van der Waals surface area contributed by atoms with E-state index in [1.807, 2.05) is 119 Å². The third-order valence-corrected chi connectivity index (χ3v) is 9.32. The van der Waals surface area contributed by atoms with E-state index in [2.05, 4.69) is 11.4 Å². The van der Waals surface area contributed by atoms with E-state index in [-0.39, 0.29) is 11.3 Å². The van der Waals surface area contributed by atoms with Gasteiger partial charge in [0.1, 0.15) is 11.5 Å². The Morgan fingerprint density at radius 3 is 2.49 bits per heavy atom. The zero-order valence-corrected chi connectivity index (χ0v) is 25.6. The van der Waals surface area contributed by atoms with Crippen molar-refractivity contribution in [3.63, 3.8) is 0 Å². The zero-order valence-electron chi connectivity index (χ0n) is 24.1. The quantitative estimate of drug-likeness (QED) is 0.212. The van der Waals surface area contributed by atoms with Crippen LogP contribution in [0.15, 0.2) is 119 Å². The van der Waals surface area contributed by atoms with Gasteiger partial charge in [-0.2, -0.15) is 10.2 Å². The topological polar surface area (TPSA) is 81.0 Å². The summed E-state index contributed by atoms with van der Waals surface area (Å²) in [4.78, 5) is 13.9. The standard InChI is InChI=1S/C35H26ClN5O3S/c1-43-27-17-13-23(14-18-27)33-24(21-40(39-33)26-7-3-2-4-8-26)19-32-35(37-34(42)45-32)41-30(28-9-5-6-10-31(28)44-35)20-29(38-41)22-11-15-25(36)16-12-22/h2-19,21,30H,20H2,1H3,(H,37,42). The minimum atomic E-state index is -1.35. The van der Waals surface area contributed by atoms with E-state index < -0.39 is 5.85 Å². The molecule has 2 atom stereocenters. The number of aromatic nitrogens is 2. The largest absolute Gasteiger partial charge is 0.497 e. The molecule has 0 radical (unpaired) electrons. The van der Waals surface area contributed by atoms with Crippen LogP contribution in [-0.2, 0) is 0 Å². The predicted octanol–water partition coefficient (Wildman–Crippen LogP) is 7.90. The number of thioether (sulfide) groups is 1. The maximum atomic E-state index is 13.3. The lowest BCUT2D eigenvalue weighted by Crippen LogP contribution is -2.61. The van der Waals surface area contributed by atoms with E-state index in [0.29, 0.717) is 22.1 Å². The number of hydrogen-bond acceptors (Lipinski definition) is 7. The van der Waals surface area contributed by atoms with Gasteiger partial charge in [-0.15, -0.1) is 0 Å². The second kappa shape index (κ2) is 10.9. The van der Waals surface area contributed by atoms with Crippen LogP contribution in [0.1, 0.15) is 29.2 Å². The van der Waals surface area contributed by atoms with Crippen molar-refractivity contribution in [1.29, 1.82) is 0 Å². The molecule has 1 fully saturated rings. The molecule has 0 aliphatic carbocycles. The first kappa shape index (κ1) is 27.6. The van der Waals surface area contributed by atoms with Crippen LogP contribution in [0.4, 0.5) is 4.79 Å². The number of halogens is 1. The lowest BCUT2D eigenvalue weighted by atomic mass is 9.95. The smallest absolute Gasteiger partial charge is 0.314 e. The average Bonchev–Trinajstić information content (AvgIpc) is 3.79. The molecule has 1 N–H and O–H groups in total. The van der Waals surface area contributed by atoms with Crippen molar-refractivity contribution in [3.05, 3.63) is 136 Å². The van der Waals surface area contributed by atoms with Crippen molar-refractivity contribution in [2.24, 2.45) is 5.10 Å². The molecule has 8 rings (SSSR count). The summed E-state index contributed by atoms with van der Waals surface area (Å²) in [5.41, 5.74) is 6.26. The van der Waals surface area contributed by atoms with Crippen molar-refractivity contribution < 1.29 is 14.3 Å². The lowest BCUT2D eigenvalue weighted by molar-refractivity contribution is -0.0949. The first-order valence-corrected chi connectivity index (χ1v) is 15.6. The highest BCUT2D eigenvalue weighted by molar-refractivity contribution is 8.17. The Kier molecular flexibility index (Phi) is 6.65. The Balaban J connectivity index is 1.29. The van der Waals surface area contributed by atoms with Gasteiger partial charge in [0, 0.05) is 34.3 Å². The fourth-order valence-corrected chi connectivity index (χ4v) is 7.03. The number of nitrogens with one attached hydrogen (secondary N) is 1. The number of amides is 1. The summed E-state index contributed by atoms with van der Waals surface area (Å²) in [6, 6.07) is 33.1. The molecule has 222 valence electrons. The van der Waals surface area contributed by atoms with Crippen LogP contribution in [0, 0.1) is 0 Å². The zero-order chi connectivity index (χ0) is 30.5. The van der Waals surface area contributed by atoms with Gasteiger partial charge in [0.25, 0.3) is 5.24 Å². The predicted molar refractivity (Wildman–Crippen MR) is 177 cm³/mol. The molecule has 10 heteroatoms. The summed E-state index contributed by atoms with van der Waals surface area (Å²) in [6.45, 7) is 0. The molecular weight excluding hydrogens is 606 g/mol. The highest BCUT2D eigenvalue weighted by Gasteiger charge is 2.58. The molecule has 0 bridgehead atoms. The van der Waals surface area contributed by atoms with Crippen LogP contribution >= 0.6 is 23.4 Å². The van der Waals surface area contributed by atoms with Crippen molar-refractivity contribution >= 4 is 40.4 Å². The number of rotatable bonds is 5. The van der Waals surface area contributed by atoms with E-state index in [0.717, 1.165) is 56.9 Å². The van der Waals surface area contributed by atoms with Crippen molar-refractivity contribution in [3.8, 4) is 28.4 Å². The molecule has 45 heavy (non-hydrogen) atoms. The summed E-state index contributed by atoms with van der Waals surface area (Å²) in [7, 11) is 1.64. The van der Waals surface area contributed by atoms with Gasteiger partial charge in [-0.3, -0.25) is 10.1 Å². The number of ether oxygens (including phenoxy) is 2. The number of fused-ring (bicyclic) bond motifs is 4. The van der Waals surface area contributed by atoms with Crippen molar-refractivity contribution in [2.45, 2.75) is 18.3 Å². The lowest BCUT2D eigenvalue weighted by Gasteiger charge is -2.45. The molecule has 3 aliphatic heterocycles. The minimum absolute atomic E-state index is 0.156. The number of para-hydroxylation sites is 2. The first-order valence-electron chi connectivity index (χ1n) is 14.4. The van der Waals surface area contributed by atoms with Gasteiger partial charge in [0.15, 0.2) is 0 Å². The molecule has 1 amide bonds. The maximum Gasteiger partial charge on any atom is 0.314 e. The van der Waals surface area contributed by atoms with Gasteiger partial charge in [0.05, 0.1) is 35.1 Å². The number of methoxy groups -OCH3 is 1. The maximum absolute atomic E-state index is 13.3. The SMILES string of the molecule is COc1ccc(-c2nn(-c3ccccc3)cc2C=C2SC(=O)NC23Oc2ccccc2C2CC(c4ccc(Cl)cc4)=NN23)cc1. The van der Waals surface area contributed by atoms with E-state index in [9.17, 15) is 4.79 Å². The van der Waals surface area contributed by atoms with Gasteiger partial charge < -0.3 is 9.47 Å². The molecule has 4 aromatic carbocycles. The second-order valence-corrected chi connectivity index (χ2v) is 12.3. The molecule has 1 aromatic heterocycles. The second-order valence-electron chi connectivity index (χ2n) is 10.9. The molecule has 0 saturated carbocycles. The van der Waals surface area contributed by atoms with Crippen LogP contribution < -0.4 is 14.8 Å². The Hall–Kier alpha value is -4.99. The summed E-state index contributed by atoms with van der Waals surface area (Å²) in [6.07, 6.45) is 4.59. The summed E-state index contributed by atoms with van der Waals surface area (Å²) in [5, 5.41) is 15.6. The summed E-state index contributed by atoms with van der Waals surface area (Å²) < 4.78 is 14.0. The number of carbonyl (C=O) groups is 1. The number of carbonyl (C=O) groups excluding carboxylic acids is 1. The molecular formula is C35H26ClN5O3S. The van der Waals surface area contributed by atoms with Crippen molar-refractivity contribution in [2.75, 3.05) is 7.11 Å². The average molecular weight is 632 g/mol. The Labute approximate surface area is 268 Å². The van der Waals surface area contributed by atoms with Gasteiger partial charge in [-0.1, -0.05) is 60.1 Å². The van der Waals surface area contributed by atoms with Crippen molar-refractivity contribution in [1.82, 2.24) is 20.1 Å². The highest BCUT2D eigenvalue weighted by Crippen LogP contribution is 2.53. The molecule has 2 unspecified atom stereocenters. The van der Waals surface area contributed by atoms with Crippen LogP contribution in [0.5, 0.6) is 11.5 Å². The Bertz CT molecular complexity index is 1990. The Morgan fingerprint density at radius 1 is 0.978 bits per heavy atom. The Morgan fingerprint density at radius 2 is 1.71 bits per heavy atom. The molecule has 1 saturated heterocycles. The molecule has 3 aliphatic rings. The third kappa shape index (κ3) is 4.75. The van der Waals surface area contributed by atoms with Gasteiger partial charge in [-0.05, 0) is 78.0 Å². The number of benzene rings is 4. The number of nitrogens with zero attached hydrogens (tertiary/aromatic N) is 4. The first-order chi connectivity index (χ1) is 22.0. The fourth-order valence-electron chi connectivity index (χ4n) is 6.00. The molecule has 1 spiro atoms. The molecule has 5 aromatic rings. The fraction of sp³-hybridized carbons (Fsp3) is 0.114. The van der Waals surface area contributed by atoms with Gasteiger partial charge >= 0.3 is 5.85 Å². The normalized spacial score (nSPS) is 20.9. The van der Waals surface area contributed by atoms with Crippen LogP contribution in [0.2, 0.25) is 5.02 Å². The monoisotopic (exact) mass is 631 g/mol. The van der Waals surface area contributed by atoms with Gasteiger partial charge in [-0.25, -0.2) is 9.69 Å². The van der Waals surface area contributed by atoms with E-state index >= 15 is 0 Å². The van der Waals surface area contributed by atoms with Gasteiger partial charge in [0.2, 0.25) is 0 Å². The molecule has 8 nitrogen and oxygen atoms in total.